The van der Waals surface area contributed by atoms with Crippen LogP contribution in [0.3, 0.4) is 0 Å². The van der Waals surface area contributed by atoms with E-state index in [-0.39, 0.29) is 17.5 Å². The minimum Gasteiger partial charge on any atom is -0.457 e. The molecule has 1 amide bonds. The molecule has 2 aromatic heterocycles. The molecule has 1 atom stereocenters. The van der Waals surface area contributed by atoms with Gasteiger partial charge in [-0.1, -0.05) is 24.3 Å². The zero-order chi connectivity index (χ0) is 26.9. The fraction of sp³-hybridized carbons (Fsp3) is 0.300. The number of nitrogens with two attached hydrogens (primary N) is 1. The number of carbonyl (C=O) groups is 1. The Labute approximate surface area is 226 Å². The highest BCUT2D eigenvalue weighted by atomic mass is 16.5. The van der Waals surface area contributed by atoms with Gasteiger partial charge < -0.3 is 15.4 Å². The molecule has 2 aromatic carbocycles. The van der Waals surface area contributed by atoms with Crippen molar-refractivity contribution in [2.45, 2.75) is 45.2 Å². The Morgan fingerprint density at radius 1 is 1.15 bits per heavy atom. The average Bonchev–Trinajstić information content (AvgIpc) is 3.52. The standard InChI is InChI=1S/C30H29N7O2/c1-19-14-24(39-23-7-3-2-4-8-23)11-12-25(19)27-26-28(32)33-18-34-29(26)37(35-27)17-22-6-5-13-36(22)30(38)21(16-31)15-20-9-10-20/h2-4,7-8,11-12,14-15,18,20,22H,5-6,9-10,13,17H2,1H3,(H2,32,33,34). The molecule has 4 aromatic rings. The molecule has 1 aliphatic carbocycles. The van der Waals surface area contributed by atoms with E-state index in [0.717, 1.165) is 48.3 Å². The van der Waals surface area contributed by atoms with Crippen LogP contribution in [0.4, 0.5) is 5.82 Å². The number of likely N-dealkylation sites (tertiary alicyclic amines) is 1. The summed E-state index contributed by atoms with van der Waals surface area (Å²) < 4.78 is 7.83. The second-order valence-corrected chi connectivity index (χ2v) is 10.2. The summed E-state index contributed by atoms with van der Waals surface area (Å²) in [5.74, 6) is 2.00. The van der Waals surface area contributed by atoms with Crippen molar-refractivity contribution < 1.29 is 9.53 Å². The van der Waals surface area contributed by atoms with Crippen molar-refractivity contribution >= 4 is 22.8 Å². The van der Waals surface area contributed by atoms with Gasteiger partial charge in [-0.3, -0.25) is 4.79 Å². The molecule has 2 N–H and O–H groups in total. The highest BCUT2D eigenvalue weighted by Gasteiger charge is 2.33. The van der Waals surface area contributed by atoms with Gasteiger partial charge in [0.15, 0.2) is 5.65 Å². The van der Waals surface area contributed by atoms with Crippen LogP contribution in [0.15, 0.2) is 66.5 Å². The van der Waals surface area contributed by atoms with Crippen molar-refractivity contribution in [1.82, 2.24) is 24.6 Å². The van der Waals surface area contributed by atoms with Crippen LogP contribution in [-0.2, 0) is 11.3 Å². The Hall–Kier alpha value is -4.71. The van der Waals surface area contributed by atoms with Crippen LogP contribution in [0.25, 0.3) is 22.3 Å². The number of nitrogen functional groups attached to an aromatic ring is 1. The number of benzene rings is 2. The number of carbonyl (C=O) groups excluding carboxylic acids is 1. The van der Waals surface area contributed by atoms with Crippen LogP contribution >= 0.6 is 0 Å². The molecule has 39 heavy (non-hydrogen) atoms. The molecule has 2 fully saturated rings. The van der Waals surface area contributed by atoms with Crippen molar-refractivity contribution in [3.63, 3.8) is 0 Å². The first-order chi connectivity index (χ1) is 19.0. The smallest absolute Gasteiger partial charge is 0.264 e. The lowest BCUT2D eigenvalue weighted by Gasteiger charge is -2.24. The van der Waals surface area contributed by atoms with E-state index < -0.39 is 0 Å². The van der Waals surface area contributed by atoms with E-state index in [0.29, 0.717) is 41.6 Å². The van der Waals surface area contributed by atoms with Gasteiger partial charge >= 0.3 is 0 Å². The molecule has 1 saturated heterocycles. The second-order valence-electron chi connectivity index (χ2n) is 10.2. The molecule has 2 aliphatic rings. The van der Waals surface area contributed by atoms with Crippen LogP contribution in [0.2, 0.25) is 0 Å². The molecular formula is C30H29N7O2. The molecule has 0 radical (unpaired) electrons. The lowest BCUT2D eigenvalue weighted by molar-refractivity contribution is -0.127. The number of nitrogens with zero attached hydrogens (tertiary/aromatic N) is 6. The van der Waals surface area contributed by atoms with Gasteiger partial charge in [0.05, 0.1) is 18.0 Å². The third kappa shape index (κ3) is 4.93. The lowest BCUT2D eigenvalue weighted by atomic mass is 10.0. The second kappa shape index (κ2) is 10.2. The van der Waals surface area contributed by atoms with E-state index in [4.69, 9.17) is 15.6 Å². The number of nitriles is 1. The first-order valence-corrected chi connectivity index (χ1v) is 13.3. The zero-order valence-corrected chi connectivity index (χ0v) is 21.7. The van der Waals surface area contributed by atoms with Gasteiger partial charge in [-0.05, 0) is 74.4 Å². The predicted octanol–water partition coefficient (Wildman–Crippen LogP) is 5.03. The molecule has 0 bridgehead atoms. The van der Waals surface area contributed by atoms with Crippen molar-refractivity contribution in [2.75, 3.05) is 12.3 Å². The van der Waals surface area contributed by atoms with Crippen LogP contribution in [0.1, 0.15) is 31.2 Å². The van der Waals surface area contributed by atoms with Gasteiger partial charge in [0, 0.05) is 12.1 Å². The molecule has 1 saturated carbocycles. The highest BCUT2D eigenvalue weighted by molar-refractivity contribution is 5.99. The molecular weight excluding hydrogens is 490 g/mol. The van der Waals surface area contributed by atoms with E-state index in [1.165, 1.54) is 6.33 Å². The summed E-state index contributed by atoms with van der Waals surface area (Å²) in [6, 6.07) is 17.5. The summed E-state index contributed by atoms with van der Waals surface area (Å²) >= 11 is 0. The van der Waals surface area contributed by atoms with Crippen molar-refractivity contribution in [3.8, 4) is 28.8 Å². The summed E-state index contributed by atoms with van der Waals surface area (Å²) in [6.45, 7) is 3.08. The molecule has 1 unspecified atom stereocenters. The molecule has 3 heterocycles. The average molecular weight is 520 g/mol. The van der Waals surface area contributed by atoms with Crippen LogP contribution in [-0.4, -0.2) is 43.1 Å². The number of anilines is 1. The fourth-order valence-electron chi connectivity index (χ4n) is 5.24. The van der Waals surface area contributed by atoms with Crippen LogP contribution in [0.5, 0.6) is 11.5 Å². The predicted molar refractivity (Wildman–Crippen MR) is 148 cm³/mol. The monoisotopic (exact) mass is 519 g/mol. The largest absolute Gasteiger partial charge is 0.457 e. The van der Waals surface area contributed by atoms with Crippen LogP contribution < -0.4 is 10.5 Å². The minimum absolute atomic E-state index is 0.0941. The summed E-state index contributed by atoms with van der Waals surface area (Å²) in [6.07, 6.45) is 7.07. The first-order valence-electron chi connectivity index (χ1n) is 13.3. The van der Waals surface area contributed by atoms with Gasteiger partial charge in [-0.25, -0.2) is 14.6 Å². The van der Waals surface area contributed by atoms with Crippen molar-refractivity contribution in [1.29, 1.82) is 5.26 Å². The zero-order valence-electron chi connectivity index (χ0n) is 21.7. The number of aryl methyl sites for hydroxylation is 1. The third-order valence-corrected chi connectivity index (χ3v) is 7.39. The molecule has 6 rings (SSSR count). The van der Waals surface area contributed by atoms with Crippen molar-refractivity contribution in [2.24, 2.45) is 5.92 Å². The Balaban J connectivity index is 1.32. The maximum atomic E-state index is 13.2. The number of para-hydroxylation sites is 1. The maximum absolute atomic E-state index is 13.2. The number of aromatic nitrogens is 4. The number of hydrogen-bond acceptors (Lipinski definition) is 7. The number of amides is 1. The van der Waals surface area contributed by atoms with Gasteiger partial charge in [0.1, 0.15) is 41.0 Å². The van der Waals surface area contributed by atoms with Gasteiger partial charge in [0.2, 0.25) is 0 Å². The Bertz CT molecular complexity index is 1620. The molecule has 0 spiro atoms. The number of allylic oxidation sites excluding steroid dienone is 1. The summed E-state index contributed by atoms with van der Waals surface area (Å²) in [7, 11) is 0. The van der Waals surface area contributed by atoms with E-state index in [9.17, 15) is 10.1 Å². The Kier molecular flexibility index (Phi) is 6.45. The van der Waals surface area contributed by atoms with E-state index in [1.54, 1.807) is 0 Å². The molecule has 9 nitrogen and oxygen atoms in total. The van der Waals surface area contributed by atoms with Gasteiger partial charge in [0.25, 0.3) is 5.91 Å². The normalized spacial score (nSPS) is 17.4. The van der Waals surface area contributed by atoms with E-state index in [2.05, 4.69) is 16.0 Å². The summed E-state index contributed by atoms with van der Waals surface area (Å²) in [4.78, 5) is 23.8. The molecule has 9 heteroatoms. The first kappa shape index (κ1) is 24.6. The third-order valence-electron chi connectivity index (χ3n) is 7.39. The summed E-state index contributed by atoms with van der Waals surface area (Å²) in [5, 5.41) is 15.2. The number of rotatable bonds is 7. The number of fused-ring (bicyclic) bond motifs is 1. The number of hydrogen-bond donors (Lipinski definition) is 1. The van der Waals surface area contributed by atoms with Gasteiger partial charge in [-0.15, -0.1) is 0 Å². The quantitative estimate of drug-likeness (QED) is 0.268. The van der Waals surface area contributed by atoms with Crippen LogP contribution in [0, 0.1) is 24.2 Å². The minimum atomic E-state index is -0.192. The van der Waals surface area contributed by atoms with Crippen molar-refractivity contribution in [3.05, 3.63) is 72.1 Å². The molecule has 1 aliphatic heterocycles. The molecule has 196 valence electrons. The highest BCUT2D eigenvalue weighted by Crippen LogP contribution is 2.36. The SMILES string of the molecule is Cc1cc(Oc2ccccc2)ccc1-c1nn(CC2CCCN2C(=O)C(C#N)=CC2CC2)c2ncnc(N)c12. The summed E-state index contributed by atoms with van der Waals surface area (Å²) in [5.41, 5.74) is 9.78. The Morgan fingerprint density at radius 2 is 1.97 bits per heavy atom. The fourth-order valence-corrected chi connectivity index (χ4v) is 5.24. The number of ether oxygens (including phenoxy) is 1. The lowest BCUT2D eigenvalue weighted by Crippen LogP contribution is -2.39. The van der Waals surface area contributed by atoms with E-state index >= 15 is 0 Å². The van der Waals surface area contributed by atoms with E-state index in [1.807, 2.05) is 71.1 Å². The van der Waals surface area contributed by atoms with Gasteiger partial charge in [-0.2, -0.15) is 10.4 Å². The topological polar surface area (TPSA) is 123 Å². The Morgan fingerprint density at radius 3 is 2.72 bits per heavy atom. The maximum Gasteiger partial charge on any atom is 0.264 e.